The third kappa shape index (κ3) is 2.70. The SMILES string of the molecule is O=C(NC1CCC(O)NC1=O)c1c[nH]c2ncc(Cl)cc12. The number of aliphatic hydroxyl groups excluding tert-OH is 1. The Labute approximate surface area is 124 Å². The maximum atomic E-state index is 12.3. The number of nitrogens with zero attached hydrogens (tertiary/aromatic N) is 1. The first-order chi connectivity index (χ1) is 10.0. The van der Waals surface area contributed by atoms with Gasteiger partial charge in [0.05, 0.1) is 10.6 Å². The van der Waals surface area contributed by atoms with Crippen LogP contribution >= 0.6 is 11.6 Å². The number of piperidine rings is 1. The molecule has 2 unspecified atom stereocenters. The number of carbonyl (C=O) groups excluding carboxylic acids is 2. The molecule has 2 amide bonds. The van der Waals surface area contributed by atoms with Crippen LogP contribution in [0.3, 0.4) is 0 Å². The number of hydrogen-bond acceptors (Lipinski definition) is 4. The molecule has 21 heavy (non-hydrogen) atoms. The van der Waals surface area contributed by atoms with Gasteiger partial charge in [-0.1, -0.05) is 11.6 Å². The predicted octanol–water partition coefficient (Wildman–Crippen LogP) is 0.543. The number of H-pyrrole nitrogens is 1. The number of nitrogens with one attached hydrogen (secondary N) is 3. The van der Waals surface area contributed by atoms with Crippen molar-refractivity contribution in [2.75, 3.05) is 0 Å². The molecule has 2 atom stereocenters. The highest BCUT2D eigenvalue weighted by molar-refractivity contribution is 6.31. The van der Waals surface area contributed by atoms with Gasteiger partial charge in [0, 0.05) is 17.8 Å². The molecule has 0 aliphatic carbocycles. The average Bonchev–Trinajstić information content (AvgIpc) is 2.85. The Morgan fingerprint density at radius 1 is 1.48 bits per heavy atom. The van der Waals surface area contributed by atoms with Crippen LogP contribution in [0.25, 0.3) is 11.0 Å². The van der Waals surface area contributed by atoms with Crippen molar-refractivity contribution < 1.29 is 14.7 Å². The van der Waals surface area contributed by atoms with E-state index in [1.807, 2.05) is 0 Å². The van der Waals surface area contributed by atoms with E-state index in [9.17, 15) is 14.7 Å². The zero-order valence-electron chi connectivity index (χ0n) is 10.9. The third-order valence-corrected chi connectivity index (χ3v) is 3.61. The minimum atomic E-state index is -0.846. The Bertz CT molecular complexity index is 715. The Balaban J connectivity index is 1.81. The van der Waals surface area contributed by atoms with Crippen LogP contribution in [-0.4, -0.2) is 39.2 Å². The maximum Gasteiger partial charge on any atom is 0.254 e. The molecule has 2 aromatic rings. The van der Waals surface area contributed by atoms with Crippen LogP contribution in [0.15, 0.2) is 18.5 Å². The molecule has 1 aliphatic rings. The largest absolute Gasteiger partial charge is 0.374 e. The fourth-order valence-electron chi connectivity index (χ4n) is 2.33. The lowest BCUT2D eigenvalue weighted by Crippen LogP contribution is -2.53. The molecule has 1 saturated heterocycles. The summed E-state index contributed by atoms with van der Waals surface area (Å²) < 4.78 is 0. The first kappa shape index (κ1) is 13.8. The number of aromatic nitrogens is 2. The van der Waals surface area contributed by atoms with E-state index in [0.29, 0.717) is 34.5 Å². The number of aliphatic hydroxyl groups is 1. The number of hydrogen-bond donors (Lipinski definition) is 4. The topological polar surface area (TPSA) is 107 Å². The van der Waals surface area contributed by atoms with Gasteiger partial charge in [0.2, 0.25) is 5.91 Å². The zero-order chi connectivity index (χ0) is 15.0. The second-order valence-corrected chi connectivity index (χ2v) is 5.32. The Kier molecular flexibility index (Phi) is 3.52. The molecule has 0 saturated carbocycles. The molecule has 110 valence electrons. The molecule has 3 rings (SSSR count). The monoisotopic (exact) mass is 308 g/mol. The van der Waals surface area contributed by atoms with Crippen LogP contribution in [0.5, 0.6) is 0 Å². The van der Waals surface area contributed by atoms with E-state index in [-0.39, 0.29) is 5.91 Å². The molecule has 0 bridgehead atoms. The van der Waals surface area contributed by atoms with Gasteiger partial charge in [-0.3, -0.25) is 9.59 Å². The van der Waals surface area contributed by atoms with Gasteiger partial charge in [0.25, 0.3) is 5.91 Å². The smallest absolute Gasteiger partial charge is 0.254 e. The number of halogens is 1. The van der Waals surface area contributed by atoms with Crippen molar-refractivity contribution in [3.8, 4) is 0 Å². The maximum absolute atomic E-state index is 12.3. The minimum absolute atomic E-state index is 0.374. The van der Waals surface area contributed by atoms with Crippen molar-refractivity contribution in [1.82, 2.24) is 20.6 Å². The van der Waals surface area contributed by atoms with Crippen LogP contribution in [0.2, 0.25) is 5.02 Å². The first-order valence-electron chi connectivity index (χ1n) is 6.46. The molecule has 8 heteroatoms. The van der Waals surface area contributed by atoms with Crippen LogP contribution in [0.4, 0.5) is 0 Å². The second-order valence-electron chi connectivity index (χ2n) is 4.88. The van der Waals surface area contributed by atoms with Gasteiger partial charge in [-0.05, 0) is 18.9 Å². The standard InChI is InChI=1S/C13H13ClN4O3/c14-6-3-7-8(5-16-11(7)15-4-6)12(20)17-9-1-2-10(19)18-13(9)21/h3-5,9-10,19H,1-2H2,(H,15,16)(H,17,20)(H,18,21). The van der Waals surface area contributed by atoms with Gasteiger partial charge < -0.3 is 20.7 Å². The normalized spacial score (nSPS) is 22.1. The van der Waals surface area contributed by atoms with Crippen LogP contribution in [-0.2, 0) is 4.79 Å². The molecule has 3 heterocycles. The first-order valence-corrected chi connectivity index (χ1v) is 6.84. The summed E-state index contributed by atoms with van der Waals surface area (Å²) in [6.07, 6.45) is 2.95. The summed E-state index contributed by atoms with van der Waals surface area (Å²) in [5, 5.41) is 15.4. The van der Waals surface area contributed by atoms with Crippen molar-refractivity contribution in [2.24, 2.45) is 0 Å². The average molecular weight is 309 g/mol. The Morgan fingerprint density at radius 3 is 3.05 bits per heavy atom. The molecular weight excluding hydrogens is 296 g/mol. The highest BCUT2D eigenvalue weighted by Gasteiger charge is 2.28. The Morgan fingerprint density at radius 2 is 2.29 bits per heavy atom. The molecule has 0 aromatic carbocycles. The van der Waals surface area contributed by atoms with E-state index in [2.05, 4.69) is 20.6 Å². The van der Waals surface area contributed by atoms with E-state index < -0.39 is 18.2 Å². The van der Waals surface area contributed by atoms with Crippen molar-refractivity contribution in [1.29, 1.82) is 0 Å². The predicted molar refractivity (Wildman–Crippen MR) is 75.7 cm³/mol. The van der Waals surface area contributed by atoms with Gasteiger partial charge in [0.1, 0.15) is 17.9 Å². The second kappa shape index (κ2) is 5.34. The number of fused-ring (bicyclic) bond motifs is 1. The summed E-state index contributed by atoms with van der Waals surface area (Å²) >= 11 is 5.88. The molecule has 1 fully saturated rings. The molecule has 4 N–H and O–H groups in total. The lowest BCUT2D eigenvalue weighted by atomic mass is 10.0. The summed E-state index contributed by atoms with van der Waals surface area (Å²) in [6, 6.07) is 0.984. The zero-order valence-corrected chi connectivity index (χ0v) is 11.6. The van der Waals surface area contributed by atoms with Crippen molar-refractivity contribution >= 4 is 34.4 Å². The molecular formula is C13H13ClN4O3. The summed E-state index contributed by atoms with van der Waals surface area (Å²) in [6.45, 7) is 0. The number of aromatic amines is 1. The number of rotatable bonds is 2. The molecule has 1 aliphatic heterocycles. The summed E-state index contributed by atoms with van der Waals surface area (Å²) in [5.74, 6) is -0.778. The van der Waals surface area contributed by atoms with Gasteiger partial charge in [0.15, 0.2) is 0 Å². The molecule has 2 aromatic heterocycles. The van der Waals surface area contributed by atoms with Gasteiger partial charge in [-0.2, -0.15) is 0 Å². The summed E-state index contributed by atoms with van der Waals surface area (Å²) in [7, 11) is 0. The van der Waals surface area contributed by atoms with E-state index in [0.717, 1.165) is 0 Å². The fraction of sp³-hybridized carbons (Fsp3) is 0.308. The summed E-state index contributed by atoms with van der Waals surface area (Å²) in [4.78, 5) is 30.9. The van der Waals surface area contributed by atoms with Crippen molar-refractivity contribution in [3.05, 3.63) is 29.0 Å². The minimum Gasteiger partial charge on any atom is -0.374 e. The lowest BCUT2D eigenvalue weighted by Gasteiger charge is -2.26. The van der Waals surface area contributed by atoms with Crippen molar-refractivity contribution in [2.45, 2.75) is 25.1 Å². The van der Waals surface area contributed by atoms with E-state index in [4.69, 9.17) is 11.6 Å². The van der Waals surface area contributed by atoms with Crippen LogP contribution in [0.1, 0.15) is 23.2 Å². The molecule has 0 spiro atoms. The van der Waals surface area contributed by atoms with Gasteiger partial charge in [-0.25, -0.2) is 4.98 Å². The number of carbonyl (C=O) groups is 2. The third-order valence-electron chi connectivity index (χ3n) is 3.40. The van der Waals surface area contributed by atoms with Crippen molar-refractivity contribution in [3.63, 3.8) is 0 Å². The fourth-order valence-corrected chi connectivity index (χ4v) is 2.49. The lowest BCUT2D eigenvalue weighted by molar-refractivity contribution is -0.128. The Hall–Kier alpha value is -2.12. The highest BCUT2D eigenvalue weighted by Crippen LogP contribution is 2.20. The molecule has 7 nitrogen and oxygen atoms in total. The highest BCUT2D eigenvalue weighted by atomic mass is 35.5. The number of pyridine rings is 1. The quantitative estimate of drug-likeness (QED) is 0.649. The van der Waals surface area contributed by atoms with Crippen LogP contribution < -0.4 is 10.6 Å². The van der Waals surface area contributed by atoms with E-state index >= 15 is 0 Å². The van der Waals surface area contributed by atoms with E-state index in [1.165, 1.54) is 12.4 Å². The van der Waals surface area contributed by atoms with Gasteiger partial charge in [-0.15, -0.1) is 0 Å². The number of amides is 2. The molecule has 0 radical (unpaired) electrons. The van der Waals surface area contributed by atoms with Crippen LogP contribution in [0, 0.1) is 0 Å². The van der Waals surface area contributed by atoms with E-state index in [1.54, 1.807) is 6.07 Å². The van der Waals surface area contributed by atoms with Gasteiger partial charge >= 0.3 is 0 Å². The summed E-state index contributed by atoms with van der Waals surface area (Å²) in [5.41, 5.74) is 0.923.